The van der Waals surface area contributed by atoms with Gasteiger partial charge in [0.1, 0.15) is 0 Å². The molecule has 1 saturated heterocycles. The van der Waals surface area contributed by atoms with Crippen LogP contribution in [0.2, 0.25) is 0 Å². The summed E-state index contributed by atoms with van der Waals surface area (Å²) in [4.78, 5) is 23.3. The van der Waals surface area contributed by atoms with E-state index in [1.165, 1.54) is 18.2 Å². The van der Waals surface area contributed by atoms with Crippen LogP contribution in [0.1, 0.15) is 29.6 Å². The van der Waals surface area contributed by atoms with E-state index in [1.54, 1.807) is 11.9 Å². The number of carbonyl (C=O) groups is 1. The van der Waals surface area contributed by atoms with Crippen LogP contribution < -0.4 is 4.90 Å². The molecule has 1 unspecified atom stereocenters. The second kappa shape index (κ2) is 6.53. The molecule has 1 N–H and O–H groups in total. The van der Waals surface area contributed by atoms with Gasteiger partial charge in [-0.3, -0.25) is 10.1 Å². The van der Waals surface area contributed by atoms with Gasteiger partial charge in [0.05, 0.1) is 22.3 Å². The van der Waals surface area contributed by atoms with Crippen LogP contribution >= 0.6 is 0 Å². The van der Waals surface area contributed by atoms with E-state index >= 15 is 0 Å². The van der Waals surface area contributed by atoms with Crippen LogP contribution in [-0.4, -0.2) is 42.3 Å². The molecule has 0 bridgehead atoms. The third kappa shape index (κ3) is 3.69. The highest BCUT2D eigenvalue weighted by molar-refractivity contribution is 5.95. The van der Waals surface area contributed by atoms with Gasteiger partial charge in [0.2, 0.25) is 0 Å². The number of carboxylic acids is 1. The Morgan fingerprint density at radius 3 is 2.86 bits per heavy atom. The summed E-state index contributed by atoms with van der Waals surface area (Å²) in [5.41, 5.74) is 0.274. The fourth-order valence-corrected chi connectivity index (χ4v) is 2.49. The van der Waals surface area contributed by atoms with Crippen LogP contribution in [0, 0.1) is 10.1 Å². The predicted octanol–water partition coefficient (Wildman–Crippen LogP) is 2.30. The molecule has 1 fully saturated rings. The molecule has 21 heavy (non-hydrogen) atoms. The number of aromatic carboxylic acids is 1. The third-order valence-electron chi connectivity index (χ3n) is 3.59. The van der Waals surface area contributed by atoms with Crippen molar-refractivity contribution in [3.63, 3.8) is 0 Å². The van der Waals surface area contributed by atoms with E-state index < -0.39 is 10.9 Å². The lowest BCUT2D eigenvalue weighted by Crippen LogP contribution is -2.34. The van der Waals surface area contributed by atoms with Crippen molar-refractivity contribution >= 4 is 17.3 Å². The smallest absolute Gasteiger partial charge is 0.337 e. The maximum Gasteiger partial charge on any atom is 0.337 e. The fraction of sp³-hybridized carbons (Fsp3) is 0.500. The van der Waals surface area contributed by atoms with Crippen molar-refractivity contribution in [2.75, 3.05) is 25.1 Å². The van der Waals surface area contributed by atoms with Gasteiger partial charge >= 0.3 is 5.97 Å². The summed E-state index contributed by atoms with van der Waals surface area (Å²) >= 11 is 0. The van der Waals surface area contributed by atoms with E-state index in [0.717, 1.165) is 19.3 Å². The first-order valence-electron chi connectivity index (χ1n) is 6.83. The highest BCUT2D eigenvalue weighted by atomic mass is 16.6. The lowest BCUT2D eigenvalue weighted by Gasteiger charge is -2.29. The van der Waals surface area contributed by atoms with E-state index in [4.69, 9.17) is 4.74 Å². The van der Waals surface area contributed by atoms with E-state index in [1.807, 2.05) is 0 Å². The molecule has 0 spiro atoms. The summed E-state index contributed by atoms with van der Waals surface area (Å²) in [6, 6.07) is 3.78. The molecular formula is C14H18N2O5. The molecule has 2 rings (SSSR count). The molecule has 1 aromatic rings. The predicted molar refractivity (Wildman–Crippen MR) is 76.9 cm³/mol. The number of hydrogen-bond acceptors (Lipinski definition) is 5. The van der Waals surface area contributed by atoms with Crippen LogP contribution in [0.15, 0.2) is 18.2 Å². The highest BCUT2D eigenvalue weighted by Crippen LogP contribution is 2.26. The standard InChI is InChI=1S/C14H18N2O5/c1-15(9-11-4-2-3-7-21-11)13-8-10(16(19)20)5-6-12(13)14(17)18/h5-6,8,11H,2-4,7,9H2,1H3,(H,17,18). The van der Waals surface area contributed by atoms with Crippen molar-refractivity contribution in [2.45, 2.75) is 25.4 Å². The fourth-order valence-electron chi connectivity index (χ4n) is 2.49. The van der Waals surface area contributed by atoms with E-state index in [9.17, 15) is 20.0 Å². The number of nitro groups is 1. The Balaban J connectivity index is 2.23. The molecule has 7 nitrogen and oxygen atoms in total. The second-order valence-electron chi connectivity index (χ2n) is 5.13. The molecule has 1 aliphatic heterocycles. The highest BCUT2D eigenvalue weighted by Gasteiger charge is 2.21. The molecule has 1 aromatic carbocycles. The first kappa shape index (κ1) is 15.2. The van der Waals surface area contributed by atoms with Crippen LogP contribution in [-0.2, 0) is 4.74 Å². The quantitative estimate of drug-likeness (QED) is 0.661. The van der Waals surface area contributed by atoms with Crippen LogP contribution in [0.5, 0.6) is 0 Å². The van der Waals surface area contributed by atoms with Crippen molar-refractivity contribution in [2.24, 2.45) is 0 Å². The molecule has 0 saturated carbocycles. The largest absolute Gasteiger partial charge is 0.478 e. The van der Waals surface area contributed by atoms with Gasteiger partial charge in [-0.1, -0.05) is 0 Å². The zero-order valence-electron chi connectivity index (χ0n) is 11.8. The Morgan fingerprint density at radius 1 is 1.52 bits per heavy atom. The topological polar surface area (TPSA) is 92.9 Å². The molecule has 7 heteroatoms. The zero-order chi connectivity index (χ0) is 15.4. The lowest BCUT2D eigenvalue weighted by atomic mass is 10.1. The lowest BCUT2D eigenvalue weighted by molar-refractivity contribution is -0.384. The number of benzene rings is 1. The number of anilines is 1. The molecule has 114 valence electrons. The number of hydrogen-bond donors (Lipinski definition) is 1. The van der Waals surface area contributed by atoms with Gasteiger partial charge in [0, 0.05) is 32.3 Å². The summed E-state index contributed by atoms with van der Waals surface area (Å²) in [6.07, 6.45) is 3.07. The van der Waals surface area contributed by atoms with Gasteiger partial charge in [-0.05, 0) is 25.3 Å². The van der Waals surface area contributed by atoms with Crippen molar-refractivity contribution in [1.29, 1.82) is 0 Å². The number of ether oxygens (including phenoxy) is 1. The Morgan fingerprint density at radius 2 is 2.29 bits per heavy atom. The van der Waals surface area contributed by atoms with Gasteiger partial charge in [-0.2, -0.15) is 0 Å². The minimum absolute atomic E-state index is 0.0321. The van der Waals surface area contributed by atoms with Crippen molar-refractivity contribution in [3.8, 4) is 0 Å². The summed E-state index contributed by atoms with van der Waals surface area (Å²) in [7, 11) is 1.73. The molecule has 0 aromatic heterocycles. The van der Waals surface area contributed by atoms with E-state index in [0.29, 0.717) is 18.8 Å². The van der Waals surface area contributed by atoms with Gasteiger partial charge in [-0.25, -0.2) is 4.79 Å². The third-order valence-corrected chi connectivity index (χ3v) is 3.59. The van der Waals surface area contributed by atoms with Crippen LogP contribution in [0.4, 0.5) is 11.4 Å². The first-order valence-corrected chi connectivity index (χ1v) is 6.83. The Hall–Kier alpha value is -2.15. The molecule has 1 aliphatic rings. The number of rotatable bonds is 5. The van der Waals surface area contributed by atoms with Crippen LogP contribution in [0.3, 0.4) is 0 Å². The Kier molecular flexibility index (Phi) is 4.74. The van der Waals surface area contributed by atoms with E-state index in [-0.39, 0.29) is 17.4 Å². The van der Waals surface area contributed by atoms with Crippen LogP contribution in [0.25, 0.3) is 0 Å². The summed E-state index contributed by atoms with van der Waals surface area (Å²) in [5.74, 6) is -1.10. The SMILES string of the molecule is CN(CC1CCCCO1)c1cc([N+](=O)[O-])ccc1C(=O)O. The Labute approximate surface area is 122 Å². The molecule has 1 heterocycles. The number of nitro benzene ring substituents is 1. The first-order chi connectivity index (χ1) is 9.99. The minimum Gasteiger partial charge on any atom is -0.478 e. The normalized spacial score (nSPS) is 18.2. The molecule has 0 radical (unpaired) electrons. The molecular weight excluding hydrogens is 276 g/mol. The summed E-state index contributed by atoms with van der Waals surface area (Å²) in [5, 5.41) is 20.1. The van der Waals surface area contributed by atoms with Crippen molar-refractivity contribution in [1.82, 2.24) is 0 Å². The van der Waals surface area contributed by atoms with Gasteiger partial charge in [0.15, 0.2) is 0 Å². The monoisotopic (exact) mass is 294 g/mol. The number of nitrogens with zero attached hydrogens (tertiary/aromatic N) is 2. The number of non-ortho nitro benzene ring substituents is 1. The maximum atomic E-state index is 11.3. The van der Waals surface area contributed by atoms with Gasteiger partial charge in [-0.15, -0.1) is 0 Å². The second-order valence-corrected chi connectivity index (χ2v) is 5.13. The van der Waals surface area contributed by atoms with Crippen molar-refractivity contribution < 1.29 is 19.6 Å². The molecule has 1 atom stereocenters. The minimum atomic E-state index is -1.10. The van der Waals surface area contributed by atoms with Gasteiger partial charge in [0.25, 0.3) is 5.69 Å². The average Bonchev–Trinajstić information content (AvgIpc) is 2.47. The van der Waals surface area contributed by atoms with Crippen molar-refractivity contribution in [3.05, 3.63) is 33.9 Å². The maximum absolute atomic E-state index is 11.3. The van der Waals surface area contributed by atoms with Gasteiger partial charge < -0.3 is 14.7 Å². The zero-order valence-corrected chi connectivity index (χ0v) is 11.8. The molecule has 0 aliphatic carbocycles. The number of carboxylic acid groups (broad SMARTS) is 1. The van der Waals surface area contributed by atoms with E-state index in [2.05, 4.69) is 0 Å². The number of likely N-dealkylation sites (N-methyl/N-ethyl adjacent to an activating group) is 1. The molecule has 0 amide bonds. The Bertz CT molecular complexity index is 540. The average molecular weight is 294 g/mol. The summed E-state index contributed by atoms with van der Waals surface area (Å²) in [6.45, 7) is 1.22. The summed E-state index contributed by atoms with van der Waals surface area (Å²) < 4.78 is 5.63.